The van der Waals surface area contributed by atoms with Crippen LogP contribution in [0.15, 0.2) is 182 Å². The first kappa shape index (κ1) is 60.7. The van der Waals surface area contributed by atoms with Gasteiger partial charge in [-0.3, -0.25) is 0 Å². The Morgan fingerprint density at radius 2 is 0.468 bits per heavy atom. The van der Waals surface area contributed by atoms with Gasteiger partial charge in [0.25, 0.3) is 0 Å². The van der Waals surface area contributed by atoms with Crippen molar-refractivity contribution in [3.8, 4) is 33.4 Å². The molecule has 0 saturated carbocycles. The Morgan fingerprint density at radius 3 is 0.798 bits per heavy atom. The molecule has 2 heterocycles. The molecule has 0 radical (unpaired) electrons. The zero-order valence-electron chi connectivity index (χ0n) is 56.8. The molecule has 2 nitrogen and oxygen atoms in total. The molecule has 2 aromatic heterocycles. The van der Waals surface area contributed by atoms with Crippen LogP contribution in [0.25, 0.3) is 163 Å². The first-order chi connectivity index (χ1) is 46.6. The molecule has 0 spiro atoms. The van der Waals surface area contributed by atoms with E-state index in [4.69, 9.17) is 0 Å². The number of hydrogen-bond donors (Lipinski definition) is 0. The van der Waals surface area contributed by atoms with Gasteiger partial charge in [-0.05, 0) is 160 Å². The fourth-order valence-electron chi connectivity index (χ4n) is 18.4. The van der Waals surface area contributed by atoms with Gasteiger partial charge in [-0.2, -0.15) is 0 Å². The Kier molecular flexibility index (Phi) is 17.1. The second-order valence-corrected chi connectivity index (χ2v) is 29.0. The zero-order chi connectivity index (χ0) is 63.2. The Bertz CT molecular complexity index is 4950. The largest absolute Gasteiger partial charge is 0.340 e. The predicted octanol–water partition coefficient (Wildman–Crippen LogP) is 28.6. The van der Waals surface area contributed by atoms with E-state index in [2.05, 4.69) is 219 Å². The fourth-order valence-corrected chi connectivity index (χ4v) is 18.4. The molecular formula is C92H96N2. The van der Waals surface area contributed by atoms with Gasteiger partial charge in [-0.15, -0.1) is 0 Å². The number of nitrogens with zero attached hydrogens (tertiary/aromatic N) is 2. The first-order valence-electron chi connectivity index (χ1n) is 37.5. The third kappa shape index (κ3) is 10.5. The summed E-state index contributed by atoms with van der Waals surface area (Å²) in [5.41, 5.74) is 13.7. The van der Waals surface area contributed by atoms with E-state index < -0.39 is 0 Å². The minimum atomic E-state index is 0.583. The molecule has 0 N–H and O–H groups in total. The molecule has 16 aromatic rings. The summed E-state index contributed by atoms with van der Waals surface area (Å²) in [4.78, 5) is 0. The Hall–Kier alpha value is -8.20. The second-order valence-electron chi connectivity index (χ2n) is 29.0. The van der Waals surface area contributed by atoms with Gasteiger partial charge < -0.3 is 9.13 Å². The van der Waals surface area contributed by atoms with Crippen LogP contribution in [0.1, 0.15) is 182 Å². The summed E-state index contributed by atoms with van der Waals surface area (Å²) in [5.74, 6) is 1.17. The summed E-state index contributed by atoms with van der Waals surface area (Å²) in [7, 11) is 0. The third-order valence-electron chi connectivity index (χ3n) is 23.0. The first-order valence-corrected chi connectivity index (χ1v) is 37.5. The lowest BCUT2D eigenvalue weighted by atomic mass is 9.83. The van der Waals surface area contributed by atoms with E-state index in [0.29, 0.717) is 11.8 Å². The summed E-state index contributed by atoms with van der Waals surface area (Å²) in [6.45, 7) is 11.5. The van der Waals surface area contributed by atoms with E-state index >= 15 is 0 Å². The van der Waals surface area contributed by atoms with Crippen LogP contribution in [0.3, 0.4) is 0 Å². The number of fused-ring (bicyclic) bond motifs is 4. The average molecular weight is 1230 g/mol. The molecule has 2 heteroatoms. The van der Waals surface area contributed by atoms with Crippen molar-refractivity contribution in [3.63, 3.8) is 0 Å². The molecule has 14 aromatic carbocycles. The normalized spacial score (nSPS) is 13.3. The van der Waals surface area contributed by atoms with Crippen LogP contribution in [0.4, 0.5) is 0 Å². The number of aromatic nitrogens is 2. The molecule has 2 atom stereocenters. The highest BCUT2D eigenvalue weighted by Crippen LogP contribution is 2.56. The molecule has 474 valence electrons. The molecular weight excluding hydrogens is 1130 g/mol. The van der Waals surface area contributed by atoms with Crippen molar-refractivity contribution in [3.05, 3.63) is 182 Å². The van der Waals surface area contributed by atoms with Gasteiger partial charge in [-0.1, -0.05) is 314 Å². The number of hydrogen-bond acceptors (Lipinski definition) is 0. The van der Waals surface area contributed by atoms with Gasteiger partial charge in [0, 0.05) is 56.2 Å². The fraction of sp³-hybridized carbons (Fsp3) is 0.348. The summed E-state index contributed by atoms with van der Waals surface area (Å²) in [6.07, 6.45) is 31.6. The summed E-state index contributed by atoms with van der Waals surface area (Å²) < 4.78 is 5.81. The van der Waals surface area contributed by atoms with Crippen LogP contribution in [0, 0.1) is 11.8 Å². The van der Waals surface area contributed by atoms with Crippen molar-refractivity contribution in [2.24, 2.45) is 11.8 Å². The maximum Gasteiger partial charge on any atom is 0.0504 e. The van der Waals surface area contributed by atoms with Crippen molar-refractivity contribution in [2.45, 2.75) is 195 Å². The van der Waals surface area contributed by atoms with Crippen LogP contribution in [-0.2, 0) is 13.1 Å². The highest BCUT2D eigenvalue weighted by atomic mass is 15.0. The lowest BCUT2D eigenvalue weighted by Crippen LogP contribution is -2.12. The van der Waals surface area contributed by atoms with Crippen molar-refractivity contribution in [1.29, 1.82) is 0 Å². The van der Waals surface area contributed by atoms with Crippen LogP contribution >= 0.6 is 0 Å². The third-order valence-corrected chi connectivity index (χ3v) is 23.0. The van der Waals surface area contributed by atoms with Crippen molar-refractivity contribution in [1.82, 2.24) is 9.13 Å². The predicted molar refractivity (Wildman–Crippen MR) is 414 cm³/mol. The van der Waals surface area contributed by atoms with Crippen LogP contribution in [0.5, 0.6) is 0 Å². The highest BCUT2D eigenvalue weighted by Gasteiger charge is 2.31. The monoisotopic (exact) mass is 1230 g/mol. The van der Waals surface area contributed by atoms with Gasteiger partial charge in [0.2, 0.25) is 0 Å². The summed E-state index contributed by atoms with van der Waals surface area (Å²) >= 11 is 0. The molecule has 0 aliphatic rings. The van der Waals surface area contributed by atoms with Crippen molar-refractivity contribution in [2.75, 3.05) is 0 Å². The van der Waals surface area contributed by atoms with Crippen molar-refractivity contribution >= 4 is 130 Å². The highest BCUT2D eigenvalue weighted by molar-refractivity contribution is 6.45. The Balaban J connectivity index is 0.981. The van der Waals surface area contributed by atoms with Crippen molar-refractivity contribution < 1.29 is 0 Å². The molecule has 16 rings (SSSR count). The number of benzene rings is 14. The minimum Gasteiger partial charge on any atom is -0.340 e. The molecule has 94 heavy (non-hydrogen) atoms. The van der Waals surface area contributed by atoms with Crippen LogP contribution < -0.4 is 0 Å². The van der Waals surface area contributed by atoms with Crippen LogP contribution in [-0.4, -0.2) is 9.13 Å². The lowest BCUT2D eigenvalue weighted by molar-refractivity contribution is 0.365. The summed E-state index contributed by atoms with van der Waals surface area (Å²) in [6, 6.07) is 72.2. The molecule has 0 bridgehead atoms. The minimum absolute atomic E-state index is 0.583. The average Bonchev–Trinajstić information content (AvgIpc) is 1.37. The molecule has 2 unspecified atom stereocenters. The Labute approximate surface area is 557 Å². The van der Waals surface area contributed by atoms with E-state index in [1.165, 1.54) is 317 Å². The smallest absolute Gasteiger partial charge is 0.0504 e. The molecule has 0 aliphatic carbocycles. The van der Waals surface area contributed by atoms with Gasteiger partial charge in [0.05, 0.1) is 22.1 Å². The second kappa shape index (κ2) is 26.5. The van der Waals surface area contributed by atoms with Gasteiger partial charge in [0.15, 0.2) is 0 Å². The molecule has 0 amide bonds. The van der Waals surface area contributed by atoms with E-state index in [1.807, 2.05) is 0 Å². The quantitative estimate of drug-likeness (QED) is 0.0233. The van der Waals surface area contributed by atoms with Gasteiger partial charge in [0.1, 0.15) is 0 Å². The summed E-state index contributed by atoms with van der Waals surface area (Å²) in [5, 5.41) is 27.7. The zero-order valence-corrected chi connectivity index (χ0v) is 56.8. The maximum absolute atomic E-state index is 2.90. The molecule has 0 aliphatic heterocycles. The lowest BCUT2D eigenvalue weighted by Gasteiger charge is -2.21. The number of unbranched alkanes of at least 4 members (excludes halogenated alkanes) is 16. The van der Waals surface area contributed by atoms with Gasteiger partial charge in [-0.25, -0.2) is 0 Å². The standard InChI is InChI=1S/C92H96N2/c1-5-9-13-17-19-23-37-61(35-21-15-11-7-3)59-93-81-55-77(67-45-29-41-63-39-25-27-43-65(63)67)73-51-31-47-69-71-49-33-53-75-79(57-83(93)91(87(71)75)89(81)85(69)73)80-58-84-92-88-72(50-34-54-76(80)88)70-48-32-52-74-78(68-46-30-42-64-40-26-28-44-66(64)68)56-82(90(92)86(70)74)94(84)60-62(36-22-16-12-8-4)38-24-20-18-14-10-6-2/h25-34,39-58,61-62H,5-24,35-38,59-60H2,1-4H3. The molecule has 0 saturated heterocycles. The van der Waals surface area contributed by atoms with Crippen LogP contribution in [0.2, 0.25) is 0 Å². The number of rotatable bonds is 31. The maximum atomic E-state index is 2.90. The Morgan fingerprint density at radius 1 is 0.223 bits per heavy atom. The topological polar surface area (TPSA) is 9.86 Å². The van der Waals surface area contributed by atoms with E-state index in [-0.39, 0.29) is 0 Å². The van der Waals surface area contributed by atoms with E-state index in [1.54, 1.807) is 0 Å². The SMILES string of the molecule is CCCCCCCCC(CCCCCC)Cn1c2cc(-c3cccc4ccccc34)c3cccc4c5cccc6c(-c7cc8c9c%10c7cccc%10c7cccc%10c(-c%11cccc%12ccccc%11%12)cc(c9c%107)n8CC(CCCCCC)CCCCCCCC)cc1c(c65)c2c34. The molecule has 0 fully saturated rings. The van der Waals surface area contributed by atoms with Gasteiger partial charge >= 0.3 is 0 Å². The van der Waals surface area contributed by atoms with E-state index in [0.717, 1.165) is 13.1 Å². The van der Waals surface area contributed by atoms with E-state index in [9.17, 15) is 0 Å².